The third kappa shape index (κ3) is 5.53. The Balaban J connectivity index is 1.29. The monoisotopic (exact) mass is 512 g/mol. The minimum atomic E-state index is -0.151. The minimum Gasteiger partial charge on any atom is -0.350 e. The molecular formula is C27H24N6OS2. The molecule has 7 nitrogen and oxygen atoms in total. The Hall–Kier alpha value is -3.82. The van der Waals surface area contributed by atoms with Crippen molar-refractivity contribution in [1.82, 2.24) is 30.0 Å². The van der Waals surface area contributed by atoms with E-state index in [1.54, 1.807) is 24.2 Å². The number of aryl methyl sites for hydroxylation is 1. The normalized spacial score (nSPS) is 10.9. The Morgan fingerprint density at radius 1 is 1.00 bits per heavy atom. The van der Waals surface area contributed by atoms with Gasteiger partial charge in [-0.3, -0.25) is 14.3 Å². The van der Waals surface area contributed by atoms with Gasteiger partial charge in [-0.2, -0.15) is 0 Å². The standard InChI is InChI=1S/C27H24N6OS2/c1-19-7-5-6-10-23(19)33-25(21-12-14-28-15-13-21)31-32-27(33)36-18-24-30-22(17-35-24)26(34)29-16-11-20-8-3-2-4-9-20/h2-10,12-15,17H,11,16,18H2,1H3,(H,29,34). The van der Waals surface area contributed by atoms with E-state index < -0.39 is 0 Å². The molecule has 0 aliphatic heterocycles. The number of amides is 1. The summed E-state index contributed by atoms with van der Waals surface area (Å²) in [6, 6.07) is 22.1. The molecule has 5 rings (SSSR count). The van der Waals surface area contributed by atoms with Crippen LogP contribution in [0.2, 0.25) is 0 Å². The summed E-state index contributed by atoms with van der Waals surface area (Å²) < 4.78 is 2.07. The molecule has 0 atom stereocenters. The molecule has 1 amide bonds. The summed E-state index contributed by atoms with van der Waals surface area (Å²) >= 11 is 3.03. The number of nitrogens with zero attached hydrogens (tertiary/aromatic N) is 5. The lowest BCUT2D eigenvalue weighted by molar-refractivity contribution is 0.0949. The van der Waals surface area contributed by atoms with E-state index in [0.717, 1.165) is 39.2 Å². The predicted octanol–water partition coefficient (Wildman–Crippen LogP) is 5.36. The van der Waals surface area contributed by atoms with Crippen LogP contribution in [0.15, 0.2) is 89.7 Å². The van der Waals surface area contributed by atoms with Crippen molar-refractivity contribution in [1.29, 1.82) is 0 Å². The number of rotatable bonds is 9. The number of para-hydroxylation sites is 1. The molecule has 5 aromatic rings. The lowest BCUT2D eigenvalue weighted by Gasteiger charge is -2.12. The van der Waals surface area contributed by atoms with Crippen LogP contribution in [0.4, 0.5) is 0 Å². The van der Waals surface area contributed by atoms with E-state index in [4.69, 9.17) is 0 Å². The topological polar surface area (TPSA) is 85.6 Å². The molecule has 0 fully saturated rings. The van der Waals surface area contributed by atoms with E-state index >= 15 is 0 Å². The Morgan fingerprint density at radius 2 is 1.78 bits per heavy atom. The van der Waals surface area contributed by atoms with E-state index in [9.17, 15) is 4.79 Å². The van der Waals surface area contributed by atoms with E-state index in [-0.39, 0.29) is 5.91 Å². The number of nitrogens with one attached hydrogen (secondary N) is 1. The fourth-order valence-electron chi connectivity index (χ4n) is 3.75. The van der Waals surface area contributed by atoms with Gasteiger partial charge in [0.1, 0.15) is 10.7 Å². The van der Waals surface area contributed by atoms with Crippen molar-refractivity contribution < 1.29 is 4.79 Å². The van der Waals surface area contributed by atoms with Crippen molar-refractivity contribution in [3.05, 3.63) is 106 Å². The average Bonchev–Trinajstić information content (AvgIpc) is 3.56. The summed E-state index contributed by atoms with van der Waals surface area (Å²) in [6.07, 6.45) is 4.29. The van der Waals surface area contributed by atoms with E-state index in [2.05, 4.69) is 61.2 Å². The van der Waals surface area contributed by atoms with Gasteiger partial charge in [0.05, 0.1) is 11.4 Å². The number of carbonyl (C=O) groups is 1. The van der Waals surface area contributed by atoms with E-state index in [1.165, 1.54) is 16.9 Å². The van der Waals surface area contributed by atoms with Crippen molar-refractivity contribution in [2.75, 3.05) is 6.54 Å². The second-order valence-electron chi connectivity index (χ2n) is 8.07. The second kappa shape index (κ2) is 11.3. The Labute approximate surface area is 217 Å². The van der Waals surface area contributed by atoms with Crippen LogP contribution in [0.5, 0.6) is 0 Å². The quantitative estimate of drug-likeness (QED) is 0.268. The molecule has 3 heterocycles. The van der Waals surface area contributed by atoms with Crippen molar-refractivity contribution in [2.45, 2.75) is 24.3 Å². The second-order valence-corrected chi connectivity index (χ2v) is 9.96. The van der Waals surface area contributed by atoms with Crippen LogP contribution in [0.3, 0.4) is 0 Å². The first-order valence-electron chi connectivity index (χ1n) is 11.5. The molecule has 0 spiro atoms. The highest BCUT2D eigenvalue weighted by molar-refractivity contribution is 7.98. The third-order valence-corrected chi connectivity index (χ3v) is 7.55. The predicted molar refractivity (Wildman–Crippen MR) is 143 cm³/mol. The molecule has 0 saturated carbocycles. The molecule has 2 aromatic carbocycles. The molecule has 1 N–H and O–H groups in total. The maximum Gasteiger partial charge on any atom is 0.270 e. The Morgan fingerprint density at radius 3 is 2.58 bits per heavy atom. The number of thioether (sulfide) groups is 1. The summed E-state index contributed by atoms with van der Waals surface area (Å²) in [6.45, 7) is 2.64. The summed E-state index contributed by atoms with van der Waals surface area (Å²) in [4.78, 5) is 21.2. The van der Waals surface area contributed by atoms with Gasteiger partial charge in [0.25, 0.3) is 5.91 Å². The molecule has 180 valence electrons. The molecule has 3 aromatic heterocycles. The van der Waals surface area contributed by atoms with Gasteiger partial charge in [-0.25, -0.2) is 4.98 Å². The molecule has 0 radical (unpaired) electrons. The number of benzene rings is 2. The van der Waals surface area contributed by atoms with E-state index in [0.29, 0.717) is 18.0 Å². The number of carbonyl (C=O) groups excluding carboxylic acids is 1. The molecule has 0 aliphatic carbocycles. The third-order valence-electron chi connectivity index (χ3n) is 5.58. The zero-order chi connectivity index (χ0) is 24.7. The first kappa shape index (κ1) is 23.9. The minimum absolute atomic E-state index is 0.151. The summed E-state index contributed by atoms with van der Waals surface area (Å²) in [5.41, 5.74) is 4.72. The average molecular weight is 513 g/mol. The molecule has 0 unspecified atom stereocenters. The molecule has 36 heavy (non-hydrogen) atoms. The summed E-state index contributed by atoms with van der Waals surface area (Å²) in [5, 5.41) is 15.4. The van der Waals surface area contributed by atoms with Crippen molar-refractivity contribution in [2.24, 2.45) is 0 Å². The van der Waals surface area contributed by atoms with Crippen LogP contribution in [0.1, 0.15) is 26.6 Å². The van der Waals surface area contributed by atoms with Crippen LogP contribution < -0.4 is 5.32 Å². The van der Waals surface area contributed by atoms with Crippen LogP contribution in [-0.4, -0.2) is 37.2 Å². The fourth-order valence-corrected chi connectivity index (χ4v) is 5.48. The van der Waals surface area contributed by atoms with Crippen molar-refractivity contribution in [3.63, 3.8) is 0 Å². The highest BCUT2D eigenvalue weighted by atomic mass is 32.2. The van der Waals surface area contributed by atoms with Crippen LogP contribution in [0.25, 0.3) is 17.1 Å². The van der Waals surface area contributed by atoms with Gasteiger partial charge in [0.2, 0.25) is 0 Å². The summed E-state index contributed by atoms with van der Waals surface area (Å²) in [7, 11) is 0. The van der Waals surface area contributed by atoms with Gasteiger partial charge in [-0.1, -0.05) is 60.3 Å². The van der Waals surface area contributed by atoms with Gasteiger partial charge < -0.3 is 5.32 Å². The largest absolute Gasteiger partial charge is 0.350 e. The van der Waals surface area contributed by atoms with Gasteiger partial charge >= 0.3 is 0 Å². The maximum absolute atomic E-state index is 12.6. The molecule has 9 heteroatoms. The fraction of sp³-hybridized carbons (Fsp3) is 0.148. The smallest absolute Gasteiger partial charge is 0.270 e. The number of hydrogen-bond acceptors (Lipinski definition) is 7. The highest BCUT2D eigenvalue weighted by Gasteiger charge is 2.18. The van der Waals surface area contributed by atoms with Gasteiger partial charge in [-0.05, 0) is 42.7 Å². The lowest BCUT2D eigenvalue weighted by Crippen LogP contribution is -2.26. The number of pyridine rings is 1. The first-order valence-corrected chi connectivity index (χ1v) is 13.4. The Kier molecular flexibility index (Phi) is 7.49. The SMILES string of the molecule is Cc1ccccc1-n1c(SCc2nc(C(=O)NCCc3ccccc3)cs2)nnc1-c1ccncc1. The first-order chi connectivity index (χ1) is 17.7. The lowest BCUT2D eigenvalue weighted by atomic mass is 10.1. The van der Waals surface area contributed by atoms with Gasteiger partial charge in [-0.15, -0.1) is 21.5 Å². The molecular weight excluding hydrogens is 488 g/mol. The van der Waals surface area contributed by atoms with Crippen molar-refractivity contribution >= 4 is 29.0 Å². The summed E-state index contributed by atoms with van der Waals surface area (Å²) in [5.74, 6) is 1.19. The van der Waals surface area contributed by atoms with Crippen LogP contribution in [0, 0.1) is 6.92 Å². The van der Waals surface area contributed by atoms with Gasteiger partial charge in [0, 0.05) is 29.9 Å². The van der Waals surface area contributed by atoms with Crippen LogP contribution >= 0.6 is 23.1 Å². The zero-order valence-electron chi connectivity index (χ0n) is 19.7. The maximum atomic E-state index is 12.6. The van der Waals surface area contributed by atoms with Crippen LogP contribution in [-0.2, 0) is 12.2 Å². The van der Waals surface area contributed by atoms with E-state index in [1.807, 2.05) is 47.8 Å². The van der Waals surface area contributed by atoms with Gasteiger partial charge in [0.15, 0.2) is 11.0 Å². The molecule has 0 saturated heterocycles. The highest BCUT2D eigenvalue weighted by Crippen LogP contribution is 2.31. The van der Waals surface area contributed by atoms with Crippen molar-refractivity contribution in [3.8, 4) is 17.1 Å². The zero-order valence-corrected chi connectivity index (χ0v) is 21.3. The number of hydrogen-bond donors (Lipinski definition) is 1. The molecule has 0 aliphatic rings. The number of aromatic nitrogens is 5. The Bertz CT molecular complexity index is 1450. The number of thiazole rings is 1. The molecule has 0 bridgehead atoms.